The summed E-state index contributed by atoms with van der Waals surface area (Å²) in [4.78, 5) is 24.5. The highest BCUT2D eigenvalue weighted by atomic mass is 32.2. The SMILES string of the molecule is CC(C)c1cc(C(=O)OCC(=O)Nc2ccc(S(N)(=O)=O)cc2)c(O)c(C(C)C)c1. The number of esters is 1. The van der Waals surface area contributed by atoms with E-state index in [0.717, 1.165) is 5.56 Å². The van der Waals surface area contributed by atoms with E-state index < -0.39 is 28.5 Å². The number of ether oxygens (including phenoxy) is 1. The molecule has 2 rings (SSSR count). The van der Waals surface area contributed by atoms with Crippen LogP contribution in [0.5, 0.6) is 5.75 Å². The van der Waals surface area contributed by atoms with Gasteiger partial charge >= 0.3 is 5.97 Å². The van der Waals surface area contributed by atoms with Crippen molar-refractivity contribution in [3.8, 4) is 5.75 Å². The Hall–Kier alpha value is -2.91. The van der Waals surface area contributed by atoms with Crippen molar-refractivity contribution < 1.29 is 27.9 Å². The number of amides is 1. The molecule has 30 heavy (non-hydrogen) atoms. The summed E-state index contributed by atoms with van der Waals surface area (Å²) in [5.74, 6) is -1.44. The maximum Gasteiger partial charge on any atom is 0.342 e. The molecule has 0 fully saturated rings. The summed E-state index contributed by atoms with van der Waals surface area (Å²) in [6.07, 6.45) is 0. The molecule has 0 atom stereocenters. The van der Waals surface area contributed by atoms with Crippen LogP contribution in [0.25, 0.3) is 0 Å². The van der Waals surface area contributed by atoms with Gasteiger partial charge in [-0.2, -0.15) is 0 Å². The van der Waals surface area contributed by atoms with E-state index in [-0.39, 0.29) is 28.0 Å². The molecular formula is C21H26N2O6S. The lowest BCUT2D eigenvalue weighted by Gasteiger charge is -2.16. The second-order valence-electron chi connectivity index (χ2n) is 7.51. The van der Waals surface area contributed by atoms with Crippen molar-refractivity contribution >= 4 is 27.6 Å². The summed E-state index contributed by atoms with van der Waals surface area (Å²) in [5, 5.41) is 18.0. The Balaban J connectivity index is 2.09. The van der Waals surface area contributed by atoms with Crippen molar-refractivity contribution in [2.24, 2.45) is 5.14 Å². The lowest BCUT2D eigenvalue weighted by molar-refractivity contribution is -0.119. The number of hydrogen-bond donors (Lipinski definition) is 3. The molecule has 4 N–H and O–H groups in total. The van der Waals surface area contributed by atoms with Gasteiger partial charge in [-0.1, -0.05) is 33.8 Å². The number of hydrogen-bond acceptors (Lipinski definition) is 6. The monoisotopic (exact) mass is 434 g/mol. The predicted octanol–water partition coefficient (Wildman–Crippen LogP) is 3.08. The first-order valence-corrected chi connectivity index (χ1v) is 10.9. The molecule has 0 aliphatic heterocycles. The van der Waals surface area contributed by atoms with Gasteiger partial charge < -0.3 is 15.2 Å². The maximum atomic E-state index is 12.5. The lowest BCUT2D eigenvalue weighted by Crippen LogP contribution is -2.21. The number of rotatable bonds is 7. The predicted molar refractivity (Wildman–Crippen MR) is 113 cm³/mol. The first-order valence-electron chi connectivity index (χ1n) is 9.36. The Labute approximate surface area is 176 Å². The van der Waals surface area contributed by atoms with Crippen molar-refractivity contribution in [2.75, 3.05) is 11.9 Å². The molecule has 2 aromatic rings. The molecule has 0 saturated carbocycles. The summed E-state index contributed by atoms with van der Waals surface area (Å²) in [6.45, 7) is 7.18. The Kier molecular flexibility index (Phi) is 7.22. The number of nitrogens with two attached hydrogens (primary N) is 1. The number of carbonyl (C=O) groups excluding carboxylic acids is 2. The molecule has 0 heterocycles. The van der Waals surface area contributed by atoms with Gasteiger partial charge in [0.15, 0.2) is 6.61 Å². The normalized spacial score (nSPS) is 11.6. The van der Waals surface area contributed by atoms with Crippen LogP contribution in [0.3, 0.4) is 0 Å². The van der Waals surface area contributed by atoms with Crippen LogP contribution in [0.15, 0.2) is 41.3 Å². The zero-order valence-corrected chi connectivity index (χ0v) is 18.1. The number of anilines is 1. The van der Waals surface area contributed by atoms with Crippen LogP contribution in [-0.4, -0.2) is 32.0 Å². The summed E-state index contributed by atoms with van der Waals surface area (Å²) < 4.78 is 27.6. The van der Waals surface area contributed by atoms with Crippen LogP contribution >= 0.6 is 0 Å². The molecule has 0 saturated heterocycles. The van der Waals surface area contributed by atoms with Crippen LogP contribution in [0.4, 0.5) is 5.69 Å². The smallest absolute Gasteiger partial charge is 0.342 e. The van der Waals surface area contributed by atoms with Gasteiger partial charge in [0.25, 0.3) is 5.91 Å². The molecular weight excluding hydrogens is 408 g/mol. The van der Waals surface area contributed by atoms with E-state index in [0.29, 0.717) is 11.3 Å². The Morgan fingerprint density at radius 1 is 1.07 bits per heavy atom. The molecule has 0 aliphatic rings. The molecule has 8 nitrogen and oxygen atoms in total. The van der Waals surface area contributed by atoms with Gasteiger partial charge in [0, 0.05) is 5.69 Å². The summed E-state index contributed by atoms with van der Waals surface area (Å²) >= 11 is 0. The van der Waals surface area contributed by atoms with Gasteiger partial charge in [0.05, 0.1) is 4.90 Å². The molecule has 0 unspecified atom stereocenters. The number of primary sulfonamides is 1. The molecule has 2 aromatic carbocycles. The Morgan fingerprint density at radius 3 is 2.17 bits per heavy atom. The minimum atomic E-state index is -3.83. The minimum absolute atomic E-state index is 0.00106. The molecule has 0 bridgehead atoms. The van der Waals surface area contributed by atoms with Gasteiger partial charge in [-0.05, 0) is 53.3 Å². The molecule has 0 radical (unpaired) electrons. The number of phenols is 1. The van der Waals surface area contributed by atoms with Crippen molar-refractivity contribution in [3.05, 3.63) is 53.1 Å². The van der Waals surface area contributed by atoms with Crippen molar-refractivity contribution in [3.63, 3.8) is 0 Å². The number of carbonyl (C=O) groups is 2. The van der Waals surface area contributed by atoms with Crippen molar-refractivity contribution in [1.82, 2.24) is 0 Å². The third kappa shape index (κ3) is 5.80. The van der Waals surface area contributed by atoms with E-state index >= 15 is 0 Å². The minimum Gasteiger partial charge on any atom is -0.507 e. The average molecular weight is 435 g/mol. The second kappa shape index (κ2) is 9.27. The van der Waals surface area contributed by atoms with Gasteiger partial charge in [0.1, 0.15) is 11.3 Å². The topological polar surface area (TPSA) is 136 Å². The molecule has 0 spiro atoms. The first kappa shape index (κ1) is 23.4. The highest BCUT2D eigenvalue weighted by Crippen LogP contribution is 2.33. The number of sulfonamides is 1. The largest absolute Gasteiger partial charge is 0.507 e. The summed E-state index contributed by atoms with van der Waals surface area (Å²) in [5.41, 5.74) is 1.83. The third-order valence-electron chi connectivity index (χ3n) is 4.47. The lowest BCUT2D eigenvalue weighted by atomic mass is 9.92. The molecule has 0 aromatic heterocycles. The zero-order valence-electron chi connectivity index (χ0n) is 17.3. The highest BCUT2D eigenvalue weighted by Gasteiger charge is 2.21. The standard InChI is InChI=1S/C21H26N2O6S/c1-12(2)14-9-17(13(3)4)20(25)18(10-14)21(26)29-11-19(24)23-15-5-7-16(8-6-15)30(22,27)28/h5-10,12-13,25H,11H2,1-4H3,(H,23,24)(H2,22,27,28). The van der Waals surface area contributed by atoms with Crippen molar-refractivity contribution in [1.29, 1.82) is 0 Å². The van der Waals surface area contributed by atoms with E-state index in [2.05, 4.69) is 5.32 Å². The maximum absolute atomic E-state index is 12.5. The molecule has 9 heteroatoms. The van der Waals surface area contributed by atoms with Gasteiger partial charge in [-0.3, -0.25) is 4.79 Å². The van der Waals surface area contributed by atoms with Crippen LogP contribution in [0.1, 0.15) is 61.0 Å². The Bertz CT molecular complexity index is 1040. The number of aromatic hydroxyl groups is 1. The fourth-order valence-corrected chi connectivity index (χ4v) is 3.26. The van der Waals surface area contributed by atoms with Gasteiger partial charge in [-0.25, -0.2) is 18.4 Å². The van der Waals surface area contributed by atoms with Crippen LogP contribution in [0.2, 0.25) is 0 Å². The first-order chi connectivity index (χ1) is 13.9. The van der Waals surface area contributed by atoms with E-state index in [1.54, 1.807) is 6.07 Å². The fourth-order valence-electron chi connectivity index (χ4n) is 2.74. The quantitative estimate of drug-likeness (QED) is 0.573. The van der Waals surface area contributed by atoms with Crippen molar-refractivity contribution in [2.45, 2.75) is 44.4 Å². The van der Waals surface area contributed by atoms with E-state index in [1.165, 1.54) is 24.3 Å². The molecule has 0 aliphatic carbocycles. The van der Waals surface area contributed by atoms with Gasteiger partial charge in [0.2, 0.25) is 10.0 Å². The van der Waals surface area contributed by atoms with E-state index in [4.69, 9.17) is 9.88 Å². The molecule has 162 valence electrons. The van der Waals surface area contributed by atoms with Gasteiger partial charge in [-0.15, -0.1) is 0 Å². The Morgan fingerprint density at radius 2 is 1.67 bits per heavy atom. The zero-order chi connectivity index (χ0) is 22.6. The van der Waals surface area contributed by atoms with E-state index in [1.807, 2.05) is 33.8 Å². The average Bonchev–Trinajstić information content (AvgIpc) is 2.65. The highest BCUT2D eigenvalue weighted by molar-refractivity contribution is 7.89. The fraction of sp³-hybridized carbons (Fsp3) is 0.333. The van der Waals surface area contributed by atoms with Crippen LogP contribution < -0.4 is 10.5 Å². The van der Waals surface area contributed by atoms with Crippen LogP contribution in [0, 0.1) is 0 Å². The third-order valence-corrected chi connectivity index (χ3v) is 5.40. The molecule has 1 amide bonds. The number of benzene rings is 2. The second-order valence-corrected chi connectivity index (χ2v) is 9.07. The summed E-state index contributed by atoms with van der Waals surface area (Å²) in [6, 6.07) is 8.66. The van der Waals surface area contributed by atoms with Crippen LogP contribution in [-0.2, 0) is 19.6 Å². The number of nitrogens with one attached hydrogen (secondary N) is 1. The number of phenolic OH excluding ortho intramolecular Hbond substituents is 1. The summed E-state index contributed by atoms with van der Waals surface area (Å²) in [7, 11) is -3.83. The van der Waals surface area contributed by atoms with E-state index in [9.17, 15) is 23.1 Å².